The summed E-state index contributed by atoms with van der Waals surface area (Å²) in [5, 5.41) is 33.1. The molecule has 1 aliphatic rings. The predicted molar refractivity (Wildman–Crippen MR) is 80.3 cm³/mol. The molecule has 0 bridgehead atoms. The van der Waals surface area contributed by atoms with Crippen molar-refractivity contribution < 1.29 is 20.1 Å². The second kappa shape index (κ2) is 5.75. The summed E-state index contributed by atoms with van der Waals surface area (Å²) in [6, 6.07) is 0. The number of nitrogens with one attached hydrogen (secondary N) is 1. The van der Waals surface area contributed by atoms with Crippen molar-refractivity contribution in [1.82, 2.24) is 19.5 Å². The van der Waals surface area contributed by atoms with Crippen molar-refractivity contribution in [2.24, 2.45) is 0 Å². The molecule has 0 amide bonds. The van der Waals surface area contributed by atoms with Gasteiger partial charge in [0, 0.05) is 6.54 Å². The van der Waals surface area contributed by atoms with Gasteiger partial charge < -0.3 is 25.4 Å². The largest absolute Gasteiger partial charge is 0.394 e. The van der Waals surface area contributed by atoms with Crippen molar-refractivity contribution in [1.29, 1.82) is 0 Å². The Hall–Kier alpha value is -2.25. The summed E-state index contributed by atoms with van der Waals surface area (Å²) in [6.07, 6.45) is 4.57. The minimum atomic E-state index is -2.01. The maximum atomic E-state index is 10.6. The number of hydrogen-bond donors (Lipinski definition) is 4. The van der Waals surface area contributed by atoms with E-state index < -0.39 is 30.6 Å². The van der Waals surface area contributed by atoms with Crippen LogP contribution in [0, 0.1) is 12.3 Å². The Bertz CT molecular complexity index is 757. The molecule has 1 aliphatic heterocycles. The highest BCUT2D eigenvalue weighted by Gasteiger charge is 2.55. The van der Waals surface area contributed by atoms with Gasteiger partial charge in [-0.25, -0.2) is 15.0 Å². The minimum Gasteiger partial charge on any atom is -0.394 e. The van der Waals surface area contributed by atoms with Crippen LogP contribution in [0.1, 0.15) is 13.2 Å². The Kier molecular flexibility index (Phi) is 3.91. The Morgan fingerprint density at radius 3 is 2.91 bits per heavy atom. The summed E-state index contributed by atoms with van der Waals surface area (Å²) in [6.45, 7) is 2.09. The van der Waals surface area contributed by atoms with Crippen molar-refractivity contribution >= 4 is 17.0 Å². The third kappa shape index (κ3) is 2.24. The van der Waals surface area contributed by atoms with Crippen molar-refractivity contribution in [2.45, 2.75) is 31.0 Å². The maximum Gasteiger partial charge on any atom is 0.199 e. The van der Waals surface area contributed by atoms with Gasteiger partial charge in [-0.05, 0) is 6.92 Å². The zero-order valence-corrected chi connectivity index (χ0v) is 12.4. The lowest BCUT2D eigenvalue weighted by molar-refractivity contribution is -0.0721. The van der Waals surface area contributed by atoms with Gasteiger partial charge in [0.2, 0.25) is 0 Å². The zero-order valence-electron chi connectivity index (χ0n) is 12.4. The fraction of sp³-hybridized carbons (Fsp3) is 0.500. The smallest absolute Gasteiger partial charge is 0.199 e. The summed E-state index contributed by atoms with van der Waals surface area (Å²) < 4.78 is 6.96. The van der Waals surface area contributed by atoms with E-state index in [1.807, 2.05) is 6.92 Å². The molecule has 0 aromatic carbocycles. The van der Waals surface area contributed by atoms with Crippen LogP contribution in [0.2, 0.25) is 0 Å². The Morgan fingerprint density at radius 2 is 2.26 bits per heavy atom. The quantitative estimate of drug-likeness (QED) is 0.522. The van der Waals surface area contributed by atoms with Gasteiger partial charge in [0.1, 0.15) is 18.5 Å². The summed E-state index contributed by atoms with van der Waals surface area (Å²) in [5.74, 6) is 2.70. The first-order chi connectivity index (χ1) is 11.1. The van der Waals surface area contributed by atoms with E-state index in [9.17, 15) is 15.3 Å². The second-order valence-electron chi connectivity index (χ2n) is 5.20. The van der Waals surface area contributed by atoms with E-state index in [4.69, 9.17) is 11.2 Å². The molecule has 9 nitrogen and oxygen atoms in total. The van der Waals surface area contributed by atoms with E-state index in [0.717, 1.165) is 0 Å². The first-order valence-corrected chi connectivity index (χ1v) is 7.12. The van der Waals surface area contributed by atoms with Crippen molar-refractivity contribution in [3.8, 4) is 12.3 Å². The van der Waals surface area contributed by atoms with Gasteiger partial charge in [-0.1, -0.05) is 5.92 Å². The Balaban J connectivity index is 2.10. The molecule has 4 atom stereocenters. The molecule has 0 saturated carbocycles. The van der Waals surface area contributed by atoms with E-state index in [-0.39, 0.29) is 0 Å². The molecule has 23 heavy (non-hydrogen) atoms. The van der Waals surface area contributed by atoms with Crippen LogP contribution in [0.5, 0.6) is 0 Å². The van der Waals surface area contributed by atoms with E-state index >= 15 is 0 Å². The van der Waals surface area contributed by atoms with Crippen LogP contribution in [0.15, 0.2) is 12.7 Å². The van der Waals surface area contributed by atoms with Crippen molar-refractivity contribution in [3.05, 3.63) is 12.7 Å². The molecule has 3 rings (SSSR count). The Morgan fingerprint density at radius 1 is 1.48 bits per heavy atom. The van der Waals surface area contributed by atoms with E-state index in [0.29, 0.717) is 23.5 Å². The van der Waals surface area contributed by atoms with Crippen LogP contribution in [0.4, 0.5) is 5.82 Å². The molecule has 0 spiro atoms. The summed E-state index contributed by atoms with van der Waals surface area (Å²) in [5.41, 5.74) is -1.13. The normalized spacial score (nSPS) is 30.5. The van der Waals surface area contributed by atoms with Gasteiger partial charge in [0.25, 0.3) is 0 Å². The van der Waals surface area contributed by atoms with Crippen LogP contribution in [-0.4, -0.2) is 65.8 Å². The van der Waals surface area contributed by atoms with Gasteiger partial charge >= 0.3 is 0 Å². The summed E-state index contributed by atoms with van der Waals surface area (Å²) in [7, 11) is 0. The number of rotatable bonds is 4. The maximum absolute atomic E-state index is 10.6. The molecule has 3 heterocycles. The first-order valence-electron chi connectivity index (χ1n) is 7.12. The van der Waals surface area contributed by atoms with E-state index in [1.54, 1.807) is 0 Å². The number of nitrogens with zero attached hydrogens (tertiary/aromatic N) is 4. The number of anilines is 1. The number of fused-ring (bicyclic) bond motifs is 1. The highest BCUT2D eigenvalue weighted by atomic mass is 16.6. The number of imidazole rings is 1. The lowest BCUT2D eigenvalue weighted by atomic mass is 9.95. The average Bonchev–Trinajstić information content (AvgIpc) is 3.09. The Labute approximate surface area is 132 Å². The SMILES string of the molecule is C#CC1(O)[C@@H](O)[C@@H](CO)O[C@H]1n1cnc2c(NCC)ncnc21. The molecule has 1 fully saturated rings. The summed E-state index contributed by atoms with van der Waals surface area (Å²) in [4.78, 5) is 12.5. The molecule has 1 saturated heterocycles. The van der Waals surface area contributed by atoms with Crippen LogP contribution >= 0.6 is 0 Å². The summed E-state index contributed by atoms with van der Waals surface area (Å²) >= 11 is 0. The molecular formula is C14H17N5O4. The molecule has 1 unspecified atom stereocenters. The van der Waals surface area contributed by atoms with Crippen LogP contribution in [-0.2, 0) is 4.74 Å². The van der Waals surface area contributed by atoms with Gasteiger partial charge in [-0.2, -0.15) is 0 Å². The number of ether oxygens (including phenoxy) is 1. The molecule has 0 aliphatic carbocycles. The fourth-order valence-corrected chi connectivity index (χ4v) is 2.67. The van der Waals surface area contributed by atoms with Crippen LogP contribution < -0.4 is 5.32 Å². The first kappa shape index (κ1) is 15.6. The van der Waals surface area contributed by atoms with Gasteiger partial charge in [0.15, 0.2) is 28.8 Å². The molecule has 2 aromatic heterocycles. The molecule has 122 valence electrons. The monoisotopic (exact) mass is 319 g/mol. The average molecular weight is 319 g/mol. The minimum absolute atomic E-state index is 0.389. The van der Waals surface area contributed by atoms with Gasteiger partial charge in [-0.15, -0.1) is 6.42 Å². The topological polar surface area (TPSA) is 126 Å². The van der Waals surface area contributed by atoms with Crippen molar-refractivity contribution in [3.63, 3.8) is 0 Å². The lowest BCUT2D eigenvalue weighted by Crippen LogP contribution is -2.45. The third-order valence-electron chi connectivity index (χ3n) is 3.85. The van der Waals surface area contributed by atoms with Gasteiger partial charge in [-0.3, -0.25) is 4.57 Å². The van der Waals surface area contributed by atoms with Crippen LogP contribution in [0.3, 0.4) is 0 Å². The number of aliphatic hydroxyl groups excluding tert-OH is 2. The molecule has 0 radical (unpaired) electrons. The second-order valence-corrected chi connectivity index (χ2v) is 5.20. The number of terminal acetylenes is 1. The third-order valence-corrected chi connectivity index (χ3v) is 3.85. The van der Waals surface area contributed by atoms with Crippen LogP contribution in [0.25, 0.3) is 11.2 Å². The zero-order chi connectivity index (χ0) is 16.6. The molecule has 2 aromatic rings. The predicted octanol–water partition coefficient (Wildman–Crippen LogP) is -1.13. The van der Waals surface area contributed by atoms with E-state index in [2.05, 4.69) is 26.2 Å². The molecule has 4 N–H and O–H groups in total. The van der Waals surface area contributed by atoms with Gasteiger partial charge in [0.05, 0.1) is 12.9 Å². The number of aromatic nitrogens is 4. The number of hydrogen-bond acceptors (Lipinski definition) is 8. The highest BCUT2D eigenvalue weighted by molar-refractivity contribution is 5.82. The number of aliphatic hydroxyl groups is 3. The molecule has 9 heteroatoms. The highest BCUT2D eigenvalue weighted by Crippen LogP contribution is 2.39. The van der Waals surface area contributed by atoms with Crippen molar-refractivity contribution in [2.75, 3.05) is 18.5 Å². The molecular weight excluding hydrogens is 302 g/mol. The lowest BCUT2D eigenvalue weighted by Gasteiger charge is -2.26. The standard InChI is InChI=1S/C14H17N5O4/c1-3-14(22)10(21)8(5-20)23-13(14)19-7-18-9-11(15-4-2)16-6-17-12(9)19/h1,6-8,10,13,20-22H,4-5H2,2H3,(H,15,16,17)/t8-,10+,13-,14?/m1/s1. The fourth-order valence-electron chi connectivity index (χ4n) is 2.67. The van der Waals surface area contributed by atoms with E-state index in [1.165, 1.54) is 17.2 Å².